The minimum atomic E-state index is -0.562. The molecule has 2 aromatic carbocycles. The van der Waals surface area contributed by atoms with Gasteiger partial charge < -0.3 is 10.6 Å². The Balaban J connectivity index is 1.80. The number of thiazole rings is 1. The van der Waals surface area contributed by atoms with Crippen molar-refractivity contribution in [3.63, 3.8) is 0 Å². The summed E-state index contributed by atoms with van der Waals surface area (Å²) in [6.07, 6.45) is 1.07. The van der Waals surface area contributed by atoms with Crippen molar-refractivity contribution in [3.05, 3.63) is 85.6 Å². The maximum absolute atomic E-state index is 14.5. The van der Waals surface area contributed by atoms with Gasteiger partial charge in [-0.2, -0.15) is 0 Å². The van der Waals surface area contributed by atoms with Crippen LogP contribution in [0.5, 0.6) is 0 Å². The van der Waals surface area contributed by atoms with E-state index in [4.69, 9.17) is 17.3 Å². The van der Waals surface area contributed by atoms with E-state index in [0.717, 1.165) is 0 Å². The second-order valence-corrected chi connectivity index (χ2v) is 8.52. The average Bonchev–Trinajstić information content (AvgIpc) is 3.32. The third-order valence-corrected chi connectivity index (χ3v) is 6.56. The van der Waals surface area contributed by atoms with Gasteiger partial charge in [0.05, 0.1) is 17.2 Å². The molecule has 0 fully saturated rings. The quantitative estimate of drug-likeness (QED) is 0.622. The van der Waals surface area contributed by atoms with Gasteiger partial charge in [-0.1, -0.05) is 29.8 Å². The summed E-state index contributed by atoms with van der Waals surface area (Å²) in [4.78, 5) is 31.8. The van der Waals surface area contributed by atoms with Crippen LogP contribution in [0.4, 0.5) is 4.39 Å². The number of nitrogens with two attached hydrogens (primary N) is 1. The zero-order chi connectivity index (χ0) is 21.4. The summed E-state index contributed by atoms with van der Waals surface area (Å²) in [6, 6.07) is 9.57. The Hall–Kier alpha value is -2.77. The van der Waals surface area contributed by atoms with Crippen LogP contribution in [0.15, 0.2) is 41.9 Å². The first kappa shape index (κ1) is 20.5. The Morgan fingerprint density at radius 1 is 1.33 bits per heavy atom. The van der Waals surface area contributed by atoms with Gasteiger partial charge in [0, 0.05) is 17.1 Å². The van der Waals surface area contributed by atoms with E-state index in [2.05, 4.69) is 4.98 Å². The molecule has 0 saturated carbocycles. The summed E-state index contributed by atoms with van der Waals surface area (Å²) < 4.78 is 14.5. The number of nitrogens with zero attached hydrogens (tertiary/aromatic N) is 2. The Labute approximate surface area is 182 Å². The first-order chi connectivity index (χ1) is 14.4. The third-order valence-electron chi connectivity index (χ3n) is 5.42. The van der Waals surface area contributed by atoms with E-state index in [1.54, 1.807) is 47.7 Å². The molecule has 1 aromatic heterocycles. The molecule has 1 atom stereocenters. The minimum Gasteiger partial charge on any atom is -0.366 e. The lowest BCUT2D eigenvalue weighted by molar-refractivity contribution is 0.0660. The van der Waals surface area contributed by atoms with Crippen molar-refractivity contribution in [3.8, 4) is 0 Å². The fraction of sp³-hybridized carbons (Fsp3) is 0.227. The number of aromatic nitrogens is 1. The van der Waals surface area contributed by atoms with Gasteiger partial charge in [-0.15, -0.1) is 11.3 Å². The molecule has 154 valence electrons. The molecule has 0 bridgehead atoms. The van der Waals surface area contributed by atoms with Crippen molar-refractivity contribution in [2.24, 2.45) is 5.73 Å². The van der Waals surface area contributed by atoms with Gasteiger partial charge in [0.15, 0.2) is 0 Å². The molecule has 3 aromatic rings. The standard InChI is InChI=1S/C22H19ClFN3O2S/c1-12-20(30-11-26-12)22(29)27(10-13-4-2-3-5-15(13)21(25)28)19-7-6-16-17(19)8-14(23)9-18(16)24/h2-5,8-9,11,19H,6-7,10H2,1H3,(H2,25,28)/t19-/m1/s1. The summed E-state index contributed by atoms with van der Waals surface area (Å²) in [5.41, 5.74) is 10.1. The fourth-order valence-corrected chi connectivity index (χ4v) is 4.96. The molecule has 4 rings (SSSR count). The molecule has 0 unspecified atom stereocenters. The fourth-order valence-electron chi connectivity index (χ4n) is 3.99. The average molecular weight is 444 g/mol. The maximum atomic E-state index is 14.5. The molecule has 1 aliphatic rings. The molecular formula is C22H19ClFN3O2S. The van der Waals surface area contributed by atoms with Crippen LogP contribution in [0.2, 0.25) is 5.02 Å². The Kier molecular flexibility index (Phi) is 5.58. The van der Waals surface area contributed by atoms with Crippen LogP contribution in [-0.4, -0.2) is 21.7 Å². The number of carbonyl (C=O) groups excluding carboxylic acids is 2. The molecule has 30 heavy (non-hydrogen) atoms. The van der Waals surface area contributed by atoms with E-state index in [1.165, 1.54) is 17.4 Å². The zero-order valence-electron chi connectivity index (χ0n) is 16.2. The van der Waals surface area contributed by atoms with Crippen LogP contribution in [0.1, 0.15) is 54.9 Å². The molecule has 2 amide bonds. The second kappa shape index (κ2) is 8.16. The lowest BCUT2D eigenvalue weighted by atomic mass is 10.0. The number of halogens is 2. The summed E-state index contributed by atoms with van der Waals surface area (Å²) >= 11 is 7.38. The molecule has 2 N–H and O–H groups in total. The van der Waals surface area contributed by atoms with E-state index in [9.17, 15) is 14.0 Å². The van der Waals surface area contributed by atoms with Gasteiger partial charge in [-0.25, -0.2) is 9.37 Å². The maximum Gasteiger partial charge on any atom is 0.266 e. The van der Waals surface area contributed by atoms with E-state index in [0.29, 0.717) is 45.7 Å². The number of benzene rings is 2. The number of carbonyl (C=O) groups is 2. The lowest BCUT2D eigenvalue weighted by Gasteiger charge is -2.30. The normalized spacial score (nSPS) is 15.1. The first-order valence-corrected chi connectivity index (χ1v) is 10.7. The van der Waals surface area contributed by atoms with Crippen LogP contribution >= 0.6 is 22.9 Å². The van der Waals surface area contributed by atoms with Gasteiger partial charge in [0.1, 0.15) is 10.7 Å². The van der Waals surface area contributed by atoms with Crippen molar-refractivity contribution < 1.29 is 14.0 Å². The Morgan fingerprint density at radius 3 is 2.80 bits per heavy atom. The number of primary amides is 1. The highest BCUT2D eigenvalue weighted by Crippen LogP contribution is 2.40. The predicted molar refractivity (Wildman–Crippen MR) is 114 cm³/mol. The number of aryl methyl sites for hydroxylation is 1. The SMILES string of the molecule is Cc1ncsc1C(=O)N(Cc1ccccc1C(N)=O)[C@@H]1CCc2c(F)cc(Cl)cc21. The third kappa shape index (κ3) is 3.70. The second-order valence-electron chi connectivity index (χ2n) is 7.23. The van der Waals surface area contributed by atoms with Crippen molar-refractivity contribution >= 4 is 34.8 Å². The monoisotopic (exact) mass is 443 g/mol. The van der Waals surface area contributed by atoms with Crippen LogP contribution < -0.4 is 5.73 Å². The van der Waals surface area contributed by atoms with Crippen LogP contribution in [-0.2, 0) is 13.0 Å². The number of hydrogen-bond donors (Lipinski definition) is 1. The van der Waals surface area contributed by atoms with Gasteiger partial charge in [0.25, 0.3) is 5.91 Å². The van der Waals surface area contributed by atoms with Crippen LogP contribution in [0, 0.1) is 12.7 Å². The highest BCUT2D eigenvalue weighted by molar-refractivity contribution is 7.11. The molecule has 0 spiro atoms. The predicted octanol–water partition coefficient (Wildman–Crippen LogP) is 4.67. The van der Waals surface area contributed by atoms with E-state index >= 15 is 0 Å². The molecule has 0 aliphatic heterocycles. The van der Waals surface area contributed by atoms with E-state index in [1.807, 2.05) is 0 Å². The largest absolute Gasteiger partial charge is 0.366 e. The van der Waals surface area contributed by atoms with Crippen LogP contribution in [0.3, 0.4) is 0 Å². The van der Waals surface area contributed by atoms with Gasteiger partial charge in [-0.05, 0) is 54.7 Å². The van der Waals surface area contributed by atoms with Crippen molar-refractivity contribution in [1.29, 1.82) is 0 Å². The van der Waals surface area contributed by atoms with Gasteiger partial charge in [0.2, 0.25) is 5.91 Å². The summed E-state index contributed by atoms with van der Waals surface area (Å²) in [5, 5.41) is 0.289. The summed E-state index contributed by atoms with van der Waals surface area (Å²) in [5.74, 6) is -1.14. The summed E-state index contributed by atoms with van der Waals surface area (Å²) in [7, 11) is 0. The molecule has 5 nitrogen and oxygen atoms in total. The number of hydrogen-bond acceptors (Lipinski definition) is 4. The van der Waals surface area contributed by atoms with Gasteiger partial charge in [-0.3, -0.25) is 9.59 Å². The molecule has 0 saturated heterocycles. The Bertz CT molecular complexity index is 1150. The lowest BCUT2D eigenvalue weighted by Crippen LogP contribution is -2.34. The highest BCUT2D eigenvalue weighted by Gasteiger charge is 2.35. The highest BCUT2D eigenvalue weighted by atomic mass is 35.5. The summed E-state index contributed by atoms with van der Waals surface area (Å²) in [6.45, 7) is 1.94. The molecule has 0 radical (unpaired) electrons. The van der Waals surface area contributed by atoms with E-state index < -0.39 is 5.91 Å². The zero-order valence-corrected chi connectivity index (χ0v) is 17.8. The van der Waals surface area contributed by atoms with Crippen LogP contribution in [0.25, 0.3) is 0 Å². The number of rotatable bonds is 5. The molecular weight excluding hydrogens is 425 g/mol. The van der Waals surface area contributed by atoms with Gasteiger partial charge >= 0.3 is 0 Å². The van der Waals surface area contributed by atoms with E-state index in [-0.39, 0.29) is 29.3 Å². The number of fused-ring (bicyclic) bond motifs is 1. The smallest absolute Gasteiger partial charge is 0.266 e. The first-order valence-electron chi connectivity index (χ1n) is 9.43. The number of amides is 2. The van der Waals surface area contributed by atoms with Crippen molar-refractivity contribution in [2.75, 3.05) is 0 Å². The molecule has 1 heterocycles. The van der Waals surface area contributed by atoms with Crippen molar-refractivity contribution in [2.45, 2.75) is 32.4 Å². The Morgan fingerprint density at radius 2 is 2.10 bits per heavy atom. The van der Waals surface area contributed by atoms with Crippen molar-refractivity contribution in [1.82, 2.24) is 9.88 Å². The molecule has 1 aliphatic carbocycles. The minimum absolute atomic E-state index is 0.160. The topological polar surface area (TPSA) is 76.3 Å². The molecule has 8 heteroatoms.